The van der Waals surface area contributed by atoms with Crippen LogP contribution in [0.3, 0.4) is 0 Å². The molecule has 0 amide bonds. The molecule has 0 aromatic rings. The van der Waals surface area contributed by atoms with Gasteiger partial charge in [0, 0.05) is 5.25 Å². The van der Waals surface area contributed by atoms with Crippen molar-refractivity contribution >= 4 is 11.8 Å². The third-order valence-electron chi connectivity index (χ3n) is 1.51. The van der Waals surface area contributed by atoms with Crippen LogP contribution in [0.4, 0.5) is 0 Å². The number of thioether (sulfide) groups is 1. The average Bonchev–Trinajstić information content (AvgIpc) is 1.87. The van der Waals surface area contributed by atoms with Gasteiger partial charge in [-0.25, -0.2) is 0 Å². The van der Waals surface area contributed by atoms with Crippen LogP contribution in [-0.4, -0.2) is 22.2 Å². The fourth-order valence-corrected chi connectivity index (χ4v) is 1.67. The van der Waals surface area contributed by atoms with E-state index in [-0.39, 0.29) is 6.10 Å². The van der Waals surface area contributed by atoms with Crippen LogP contribution in [0.2, 0.25) is 0 Å². The highest BCUT2D eigenvalue weighted by Gasteiger charge is 2.00. The normalized spacial score (nSPS) is 16.8. The lowest BCUT2D eigenvalue weighted by Crippen LogP contribution is -2.03. The van der Waals surface area contributed by atoms with E-state index in [1.54, 1.807) is 0 Å². The van der Waals surface area contributed by atoms with Crippen molar-refractivity contribution in [1.82, 2.24) is 0 Å². The van der Waals surface area contributed by atoms with Crippen LogP contribution in [0.15, 0.2) is 0 Å². The van der Waals surface area contributed by atoms with Gasteiger partial charge in [0.25, 0.3) is 0 Å². The van der Waals surface area contributed by atoms with Crippen LogP contribution in [0, 0.1) is 0 Å². The van der Waals surface area contributed by atoms with E-state index in [9.17, 15) is 0 Å². The molecule has 62 valence electrons. The summed E-state index contributed by atoms with van der Waals surface area (Å²) >= 11 is 1.94. The Kier molecular flexibility index (Phi) is 6.24. The molecule has 1 unspecified atom stereocenters. The van der Waals surface area contributed by atoms with Crippen LogP contribution in [0.1, 0.15) is 33.6 Å². The fourth-order valence-electron chi connectivity index (χ4n) is 0.558. The monoisotopic (exact) mass is 162 g/mol. The molecule has 1 nitrogen and oxygen atoms in total. The summed E-state index contributed by atoms with van der Waals surface area (Å²) in [4.78, 5) is 0. The second-order valence-electron chi connectivity index (χ2n) is 2.73. The van der Waals surface area contributed by atoms with Crippen molar-refractivity contribution < 1.29 is 5.11 Å². The van der Waals surface area contributed by atoms with E-state index in [2.05, 4.69) is 13.8 Å². The molecule has 0 rings (SSSR count). The van der Waals surface area contributed by atoms with E-state index in [4.69, 9.17) is 5.11 Å². The van der Waals surface area contributed by atoms with Crippen LogP contribution in [0.5, 0.6) is 0 Å². The number of hydrogen-bond donors (Lipinski definition) is 1. The lowest BCUT2D eigenvalue weighted by atomic mass is 10.3. The van der Waals surface area contributed by atoms with Crippen molar-refractivity contribution in [2.24, 2.45) is 0 Å². The van der Waals surface area contributed by atoms with Gasteiger partial charge in [-0.2, -0.15) is 11.8 Å². The molecule has 0 radical (unpaired) electrons. The molecular formula is C8H18OS. The summed E-state index contributed by atoms with van der Waals surface area (Å²) < 4.78 is 0. The standard InChI is InChI=1S/C8H18OS/c1-4-8(3)10-6-5-7(2)9/h7-9H,4-6H2,1-3H3/t7-,8?/m1/s1. The summed E-state index contributed by atoms with van der Waals surface area (Å²) in [6, 6.07) is 0. The SMILES string of the molecule is CCC(C)SCC[C@@H](C)O. The first-order valence-electron chi connectivity index (χ1n) is 3.96. The Morgan fingerprint density at radius 3 is 2.40 bits per heavy atom. The van der Waals surface area contributed by atoms with Gasteiger partial charge in [0.2, 0.25) is 0 Å². The van der Waals surface area contributed by atoms with Crippen molar-refractivity contribution in [3.63, 3.8) is 0 Å². The van der Waals surface area contributed by atoms with Crippen LogP contribution < -0.4 is 0 Å². The van der Waals surface area contributed by atoms with Crippen molar-refractivity contribution in [3.8, 4) is 0 Å². The molecule has 0 saturated carbocycles. The predicted octanol–water partition coefficient (Wildman–Crippen LogP) is 2.29. The van der Waals surface area contributed by atoms with Gasteiger partial charge in [-0.05, 0) is 25.5 Å². The zero-order valence-corrected chi connectivity index (χ0v) is 7.95. The van der Waals surface area contributed by atoms with E-state index in [1.165, 1.54) is 6.42 Å². The predicted molar refractivity (Wildman–Crippen MR) is 48.5 cm³/mol. The summed E-state index contributed by atoms with van der Waals surface area (Å²) in [5.74, 6) is 1.09. The van der Waals surface area contributed by atoms with E-state index in [1.807, 2.05) is 18.7 Å². The lowest BCUT2D eigenvalue weighted by molar-refractivity contribution is 0.192. The van der Waals surface area contributed by atoms with Gasteiger partial charge in [0.15, 0.2) is 0 Å². The van der Waals surface area contributed by atoms with E-state index < -0.39 is 0 Å². The van der Waals surface area contributed by atoms with Crippen LogP contribution in [0.25, 0.3) is 0 Å². The minimum Gasteiger partial charge on any atom is -0.393 e. The van der Waals surface area contributed by atoms with Crippen molar-refractivity contribution in [2.75, 3.05) is 5.75 Å². The maximum absolute atomic E-state index is 8.92. The lowest BCUT2D eigenvalue weighted by Gasteiger charge is -2.08. The molecule has 10 heavy (non-hydrogen) atoms. The molecule has 2 heteroatoms. The fraction of sp³-hybridized carbons (Fsp3) is 1.00. The second-order valence-corrected chi connectivity index (χ2v) is 4.27. The van der Waals surface area contributed by atoms with Gasteiger partial charge in [-0.1, -0.05) is 13.8 Å². The Balaban J connectivity index is 3.03. The Morgan fingerprint density at radius 1 is 1.40 bits per heavy atom. The number of hydrogen-bond acceptors (Lipinski definition) is 2. The zero-order chi connectivity index (χ0) is 7.98. The highest BCUT2D eigenvalue weighted by atomic mass is 32.2. The molecule has 1 N–H and O–H groups in total. The van der Waals surface area contributed by atoms with E-state index >= 15 is 0 Å². The first-order chi connectivity index (χ1) is 4.66. The highest BCUT2D eigenvalue weighted by molar-refractivity contribution is 7.99. The zero-order valence-electron chi connectivity index (χ0n) is 7.13. The topological polar surface area (TPSA) is 20.2 Å². The molecule has 2 atom stereocenters. The summed E-state index contributed by atoms with van der Waals surface area (Å²) in [7, 11) is 0. The number of rotatable bonds is 5. The molecule has 0 aromatic heterocycles. The summed E-state index contributed by atoms with van der Waals surface area (Å²) in [6.45, 7) is 6.27. The second kappa shape index (κ2) is 6.05. The quantitative estimate of drug-likeness (QED) is 0.669. The molecule has 0 heterocycles. The molecular weight excluding hydrogens is 144 g/mol. The molecule has 0 aliphatic rings. The van der Waals surface area contributed by atoms with E-state index in [0.717, 1.165) is 17.4 Å². The minimum atomic E-state index is -0.128. The Hall–Kier alpha value is 0.310. The molecule has 0 aliphatic heterocycles. The van der Waals surface area contributed by atoms with Crippen molar-refractivity contribution in [3.05, 3.63) is 0 Å². The number of aliphatic hydroxyl groups is 1. The largest absolute Gasteiger partial charge is 0.393 e. The summed E-state index contributed by atoms with van der Waals surface area (Å²) in [5, 5.41) is 9.67. The van der Waals surface area contributed by atoms with Gasteiger partial charge < -0.3 is 5.11 Å². The third kappa shape index (κ3) is 6.43. The maximum Gasteiger partial charge on any atom is 0.0520 e. The van der Waals surface area contributed by atoms with Crippen molar-refractivity contribution in [2.45, 2.75) is 45.0 Å². The first-order valence-corrected chi connectivity index (χ1v) is 5.01. The average molecular weight is 162 g/mol. The van der Waals surface area contributed by atoms with Crippen LogP contribution >= 0.6 is 11.8 Å². The van der Waals surface area contributed by atoms with Crippen LogP contribution in [-0.2, 0) is 0 Å². The summed E-state index contributed by atoms with van der Waals surface area (Å²) in [5.41, 5.74) is 0. The Labute approximate surface area is 68.2 Å². The molecule has 0 bridgehead atoms. The molecule has 0 fully saturated rings. The smallest absolute Gasteiger partial charge is 0.0520 e. The van der Waals surface area contributed by atoms with Crippen molar-refractivity contribution in [1.29, 1.82) is 0 Å². The number of aliphatic hydroxyl groups excluding tert-OH is 1. The minimum absolute atomic E-state index is 0.128. The highest BCUT2D eigenvalue weighted by Crippen LogP contribution is 2.14. The van der Waals surface area contributed by atoms with Gasteiger partial charge in [0.05, 0.1) is 6.10 Å². The molecule has 0 aromatic carbocycles. The third-order valence-corrected chi connectivity index (χ3v) is 2.89. The molecule has 0 spiro atoms. The van der Waals surface area contributed by atoms with E-state index in [0.29, 0.717) is 0 Å². The van der Waals surface area contributed by atoms with Gasteiger partial charge in [-0.15, -0.1) is 0 Å². The summed E-state index contributed by atoms with van der Waals surface area (Å²) in [6.07, 6.45) is 2.02. The van der Waals surface area contributed by atoms with Gasteiger partial charge >= 0.3 is 0 Å². The van der Waals surface area contributed by atoms with Gasteiger partial charge in [-0.3, -0.25) is 0 Å². The Bertz CT molecular complexity index is 73.7. The molecule has 0 aliphatic carbocycles. The maximum atomic E-state index is 8.92. The van der Waals surface area contributed by atoms with Gasteiger partial charge in [0.1, 0.15) is 0 Å². The molecule has 0 saturated heterocycles. The Morgan fingerprint density at radius 2 is 2.00 bits per heavy atom. The first kappa shape index (κ1) is 10.3.